The Balaban J connectivity index is 2.05. The topological polar surface area (TPSA) is 55.8 Å². The normalized spacial score (nSPS) is 25.9. The maximum atomic E-state index is 12.5. The zero-order valence-corrected chi connectivity index (χ0v) is 13.7. The van der Waals surface area contributed by atoms with Crippen LogP contribution >= 0.6 is 11.8 Å². The molecule has 6 heteroatoms. The van der Waals surface area contributed by atoms with Crippen LogP contribution in [0.2, 0.25) is 0 Å². The van der Waals surface area contributed by atoms with Gasteiger partial charge in [0.2, 0.25) is 0 Å². The van der Waals surface area contributed by atoms with Crippen molar-refractivity contribution in [2.75, 3.05) is 24.9 Å². The predicted octanol–water partition coefficient (Wildman–Crippen LogP) is 2.39. The Kier molecular flexibility index (Phi) is 4.17. The van der Waals surface area contributed by atoms with Gasteiger partial charge in [-0.05, 0) is 30.3 Å². The average Bonchev–Trinajstić information content (AvgIpc) is 2.91. The molecule has 2 atom stereocenters. The molecule has 0 aromatic heterocycles. The van der Waals surface area contributed by atoms with Crippen molar-refractivity contribution in [2.45, 2.75) is 4.87 Å². The van der Waals surface area contributed by atoms with Crippen LogP contribution < -0.4 is 9.64 Å². The molecule has 0 unspecified atom stereocenters. The van der Waals surface area contributed by atoms with Crippen LogP contribution in [0.25, 0.3) is 0 Å². The number of hydrogen-bond donors (Lipinski definition) is 0. The lowest BCUT2D eigenvalue weighted by molar-refractivity contribution is -0.144. The second-order valence-electron chi connectivity index (χ2n) is 5.20. The number of thioether (sulfide) groups is 1. The summed E-state index contributed by atoms with van der Waals surface area (Å²) in [5, 5.41) is 0. The first-order chi connectivity index (χ1) is 11.1. The number of methoxy groups -OCH3 is 2. The fourth-order valence-electron chi connectivity index (χ4n) is 2.90. The van der Waals surface area contributed by atoms with Gasteiger partial charge in [0.15, 0.2) is 0 Å². The van der Waals surface area contributed by atoms with Gasteiger partial charge in [0.05, 0.1) is 14.2 Å². The lowest BCUT2D eigenvalue weighted by atomic mass is 9.97. The Morgan fingerprint density at radius 3 is 2.70 bits per heavy atom. The van der Waals surface area contributed by atoms with E-state index in [9.17, 15) is 9.59 Å². The van der Waals surface area contributed by atoms with Gasteiger partial charge in [-0.2, -0.15) is 0 Å². The Labute approximate surface area is 138 Å². The van der Waals surface area contributed by atoms with E-state index >= 15 is 0 Å². The number of nitrogens with zero attached hydrogens (tertiary/aromatic N) is 1. The minimum absolute atomic E-state index is 0.146. The third-order valence-corrected chi connectivity index (χ3v) is 5.40. The molecule has 120 valence electrons. The van der Waals surface area contributed by atoms with Gasteiger partial charge in [-0.15, -0.1) is 11.8 Å². The monoisotopic (exact) mass is 331 g/mol. The van der Waals surface area contributed by atoms with E-state index in [4.69, 9.17) is 9.47 Å². The molecule has 2 aliphatic heterocycles. The van der Waals surface area contributed by atoms with Gasteiger partial charge >= 0.3 is 5.97 Å². The fraction of sp³-hybridized carbons (Fsp3) is 0.294. The predicted molar refractivity (Wildman–Crippen MR) is 89.5 cm³/mol. The highest BCUT2D eigenvalue weighted by Crippen LogP contribution is 2.47. The van der Waals surface area contributed by atoms with E-state index in [1.165, 1.54) is 13.2 Å². The molecule has 0 saturated heterocycles. The number of esters is 1. The Hall–Kier alpha value is -2.21. The summed E-state index contributed by atoms with van der Waals surface area (Å²) in [6.45, 7) is 0. The zero-order chi connectivity index (χ0) is 16.4. The van der Waals surface area contributed by atoms with E-state index < -0.39 is 10.8 Å². The van der Waals surface area contributed by atoms with Gasteiger partial charge in [-0.1, -0.05) is 12.2 Å². The molecular formula is C17H17NO4S. The maximum absolute atomic E-state index is 12.5. The van der Waals surface area contributed by atoms with Crippen LogP contribution in [0, 0.1) is 5.92 Å². The molecule has 2 aliphatic rings. The number of amides is 1. The first-order valence-corrected chi connectivity index (χ1v) is 8.17. The molecule has 0 bridgehead atoms. The largest absolute Gasteiger partial charge is 0.497 e. The summed E-state index contributed by atoms with van der Waals surface area (Å²) in [6, 6.07) is 7.23. The molecule has 0 fully saturated rings. The van der Waals surface area contributed by atoms with E-state index in [-0.39, 0.29) is 11.9 Å². The Morgan fingerprint density at radius 2 is 2.04 bits per heavy atom. The molecule has 3 rings (SSSR count). The highest BCUT2D eigenvalue weighted by atomic mass is 32.2. The van der Waals surface area contributed by atoms with Crippen LogP contribution in [0.15, 0.2) is 48.6 Å². The summed E-state index contributed by atoms with van der Waals surface area (Å²) in [4.78, 5) is 25.6. The second-order valence-corrected chi connectivity index (χ2v) is 6.47. The van der Waals surface area contributed by atoms with Crippen LogP contribution in [0.3, 0.4) is 0 Å². The molecule has 0 N–H and O–H groups in total. The van der Waals surface area contributed by atoms with Gasteiger partial charge in [-0.25, -0.2) is 0 Å². The molecule has 5 nitrogen and oxygen atoms in total. The van der Waals surface area contributed by atoms with Crippen molar-refractivity contribution < 1.29 is 19.1 Å². The lowest BCUT2D eigenvalue weighted by Crippen LogP contribution is -2.52. The van der Waals surface area contributed by atoms with Crippen molar-refractivity contribution in [1.29, 1.82) is 0 Å². The maximum Gasteiger partial charge on any atom is 0.316 e. The van der Waals surface area contributed by atoms with Crippen LogP contribution in [-0.2, 0) is 14.3 Å². The standard InChI is InChI=1S/C17H17NO4S/c1-21-13-7-5-12(6-8-13)18-15(19)9-10-17(18)14(16(20)22-2)4-3-11-23-17/h3-10,14H,11H2,1-2H3/t14-,17+/m1/s1. The molecule has 23 heavy (non-hydrogen) atoms. The molecular weight excluding hydrogens is 314 g/mol. The van der Waals surface area contributed by atoms with Crippen molar-refractivity contribution in [3.05, 3.63) is 48.6 Å². The van der Waals surface area contributed by atoms with Gasteiger partial charge in [-0.3, -0.25) is 14.5 Å². The minimum Gasteiger partial charge on any atom is -0.497 e. The highest BCUT2D eigenvalue weighted by molar-refractivity contribution is 8.01. The van der Waals surface area contributed by atoms with E-state index in [1.807, 2.05) is 24.3 Å². The molecule has 1 amide bonds. The number of rotatable bonds is 3. The molecule has 1 aromatic carbocycles. The van der Waals surface area contributed by atoms with Gasteiger partial charge < -0.3 is 9.47 Å². The molecule has 1 aromatic rings. The summed E-state index contributed by atoms with van der Waals surface area (Å²) in [7, 11) is 2.95. The first kappa shape index (κ1) is 15.7. The van der Waals surface area contributed by atoms with E-state index in [0.29, 0.717) is 5.75 Å². The fourth-order valence-corrected chi connectivity index (χ4v) is 4.22. The third kappa shape index (κ3) is 2.53. The van der Waals surface area contributed by atoms with Crippen molar-refractivity contribution in [1.82, 2.24) is 0 Å². The Morgan fingerprint density at radius 1 is 1.30 bits per heavy atom. The number of hydrogen-bond acceptors (Lipinski definition) is 5. The number of benzene rings is 1. The summed E-state index contributed by atoms with van der Waals surface area (Å²) >= 11 is 1.54. The molecule has 0 saturated carbocycles. The first-order valence-electron chi connectivity index (χ1n) is 7.18. The van der Waals surface area contributed by atoms with E-state index in [2.05, 4.69) is 0 Å². The number of carbonyl (C=O) groups is 2. The quantitative estimate of drug-likeness (QED) is 0.629. The highest BCUT2D eigenvalue weighted by Gasteiger charge is 2.52. The molecule has 2 heterocycles. The smallest absolute Gasteiger partial charge is 0.316 e. The lowest BCUT2D eigenvalue weighted by Gasteiger charge is -2.42. The van der Waals surface area contributed by atoms with Crippen molar-refractivity contribution >= 4 is 29.3 Å². The van der Waals surface area contributed by atoms with Gasteiger partial charge in [0, 0.05) is 17.5 Å². The van der Waals surface area contributed by atoms with Gasteiger partial charge in [0.25, 0.3) is 5.91 Å². The van der Waals surface area contributed by atoms with Crippen LogP contribution in [0.5, 0.6) is 5.75 Å². The summed E-state index contributed by atoms with van der Waals surface area (Å²) in [5.41, 5.74) is 0.720. The second kappa shape index (κ2) is 6.12. The van der Waals surface area contributed by atoms with Crippen LogP contribution in [0.4, 0.5) is 5.69 Å². The van der Waals surface area contributed by atoms with Crippen molar-refractivity contribution in [3.8, 4) is 5.75 Å². The molecule has 1 spiro atoms. The summed E-state index contributed by atoms with van der Waals surface area (Å²) in [5.74, 6) is 0.384. The number of anilines is 1. The van der Waals surface area contributed by atoms with Crippen molar-refractivity contribution in [3.63, 3.8) is 0 Å². The average molecular weight is 331 g/mol. The van der Waals surface area contributed by atoms with Gasteiger partial charge in [0.1, 0.15) is 16.5 Å². The van der Waals surface area contributed by atoms with Crippen molar-refractivity contribution in [2.24, 2.45) is 5.92 Å². The molecule has 0 aliphatic carbocycles. The minimum atomic E-state index is -0.784. The zero-order valence-electron chi connectivity index (χ0n) is 12.9. The Bertz CT molecular complexity index is 682. The summed E-state index contributed by atoms with van der Waals surface area (Å²) in [6.07, 6.45) is 7.07. The van der Waals surface area contributed by atoms with E-state index in [0.717, 1.165) is 11.4 Å². The van der Waals surface area contributed by atoms with Crippen LogP contribution in [-0.4, -0.2) is 36.7 Å². The van der Waals surface area contributed by atoms with E-state index in [1.54, 1.807) is 42.0 Å². The SMILES string of the molecule is COC(=O)[C@H]1C=CCS[C@@]12C=CC(=O)N2c1ccc(OC)cc1. The molecule has 0 radical (unpaired) electrons. The number of carbonyl (C=O) groups excluding carboxylic acids is 2. The van der Waals surface area contributed by atoms with Crippen LogP contribution in [0.1, 0.15) is 0 Å². The third-order valence-electron chi connectivity index (χ3n) is 4.01. The number of ether oxygens (including phenoxy) is 2. The summed E-state index contributed by atoms with van der Waals surface area (Å²) < 4.78 is 10.1.